The number of carbonyl (C=O) groups is 1. The second kappa shape index (κ2) is 10.9. The minimum Gasteiger partial charge on any atom is -0.496 e. The van der Waals surface area contributed by atoms with Crippen molar-refractivity contribution >= 4 is 24.8 Å². The molecule has 0 aliphatic rings. The van der Waals surface area contributed by atoms with Crippen LogP contribution in [0.2, 0.25) is 6.04 Å². The van der Waals surface area contributed by atoms with Crippen molar-refractivity contribution in [2.24, 2.45) is 0 Å². The van der Waals surface area contributed by atoms with Gasteiger partial charge in [-0.1, -0.05) is 0 Å². The molecule has 10 heteroatoms. The van der Waals surface area contributed by atoms with E-state index in [-0.39, 0.29) is 46.0 Å². The topological polar surface area (TPSA) is 81.7 Å². The molecule has 2 aromatic rings. The van der Waals surface area contributed by atoms with E-state index in [0.29, 0.717) is 11.5 Å². The Balaban J connectivity index is 2.90. The van der Waals surface area contributed by atoms with Crippen LogP contribution in [0.3, 0.4) is 0 Å². The summed E-state index contributed by atoms with van der Waals surface area (Å²) in [6, 6.07) is 6.17. The molecule has 2 rings (SSSR count). The molecule has 0 aliphatic heterocycles. The number of carbonyl (C=O) groups excluding carboxylic acids is 1. The van der Waals surface area contributed by atoms with Gasteiger partial charge in [0, 0.05) is 37.2 Å². The maximum absolute atomic E-state index is 17.5. The molecule has 0 bridgehead atoms. The molecule has 176 valence electrons. The van der Waals surface area contributed by atoms with E-state index in [9.17, 15) is 4.79 Å². The van der Waals surface area contributed by atoms with Crippen LogP contribution < -0.4 is 38.8 Å². The van der Waals surface area contributed by atoms with E-state index in [1.165, 1.54) is 49.6 Å². The highest BCUT2D eigenvalue weighted by Crippen LogP contribution is 2.36. The maximum atomic E-state index is 17.5. The number of methoxy groups -OCH3 is 6. The summed E-state index contributed by atoms with van der Waals surface area (Å²) in [4.78, 5) is 11.4. The molecule has 0 fully saturated rings. The summed E-state index contributed by atoms with van der Waals surface area (Å²) >= 11 is 0. The third-order valence-electron chi connectivity index (χ3n) is 4.97. The van der Waals surface area contributed by atoms with E-state index in [0.717, 1.165) is 0 Å². The monoisotopic (exact) mass is 468 g/mol. The average molecular weight is 469 g/mol. The van der Waals surface area contributed by atoms with Crippen molar-refractivity contribution in [3.05, 3.63) is 24.3 Å². The summed E-state index contributed by atoms with van der Waals surface area (Å²) in [6.07, 6.45) is 0. The van der Waals surface area contributed by atoms with Gasteiger partial charge in [0.05, 0.1) is 59.6 Å². The molecular formula is C22H29FO8Si. The maximum Gasteiger partial charge on any atom is 0.326 e. The van der Waals surface area contributed by atoms with Gasteiger partial charge in [-0.05, 0) is 0 Å². The van der Waals surface area contributed by atoms with Crippen molar-refractivity contribution in [2.75, 3.05) is 49.3 Å². The molecule has 0 spiro atoms. The Hall–Kier alpha value is -3.14. The van der Waals surface area contributed by atoms with Gasteiger partial charge in [0.2, 0.25) is 0 Å². The number of hydrogen-bond acceptors (Lipinski definition) is 8. The van der Waals surface area contributed by atoms with Gasteiger partial charge in [-0.15, -0.1) is 0 Å². The molecule has 2 aromatic carbocycles. The second-order valence-electron chi connectivity index (χ2n) is 6.71. The van der Waals surface area contributed by atoms with Crippen LogP contribution in [-0.4, -0.2) is 63.6 Å². The van der Waals surface area contributed by atoms with Gasteiger partial charge in [-0.25, -0.2) is 0 Å². The van der Waals surface area contributed by atoms with Gasteiger partial charge in [-0.3, -0.25) is 4.79 Å². The summed E-state index contributed by atoms with van der Waals surface area (Å²) in [5, 5.41) is 0.412. The summed E-state index contributed by atoms with van der Waals surface area (Å²) in [7, 11) is 4.42. The first-order chi connectivity index (χ1) is 15.3. The summed E-state index contributed by atoms with van der Waals surface area (Å²) in [5.41, 5.74) is 0. The van der Waals surface area contributed by atoms with Crippen LogP contribution >= 0.6 is 0 Å². The minimum atomic E-state index is -4.29. The molecule has 0 unspecified atom stereocenters. The van der Waals surface area contributed by atoms with Gasteiger partial charge in [0.15, 0.2) is 0 Å². The molecule has 0 heterocycles. The molecule has 0 aromatic heterocycles. The molecule has 32 heavy (non-hydrogen) atoms. The second-order valence-corrected chi connectivity index (χ2v) is 9.81. The first-order valence-electron chi connectivity index (χ1n) is 9.72. The van der Waals surface area contributed by atoms with Crippen molar-refractivity contribution in [2.45, 2.75) is 13.0 Å². The lowest BCUT2D eigenvalue weighted by Gasteiger charge is -2.30. The number of ether oxygens (including phenoxy) is 7. The smallest absolute Gasteiger partial charge is 0.326 e. The SMILES string of the molecule is COc1cc(OC)c([Si](F)(CCOC(C)=O)c2c(OC)cc(OC)cc2OC)c(OC)c1. The Kier molecular flexibility index (Phi) is 8.59. The van der Waals surface area contributed by atoms with Gasteiger partial charge in [0.1, 0.15) is 34.5 Å². The zero-order valence-corrected chi connectivity index (χ0v) is 20.4. The van der Waals surface area contributed by atoms with Crippen LogP contribution in [0.4, 0.5) is 4.11 Å². The molecule has 8 nitrogen and oxygen atoms in total. The Bertz CT molecular complexity index is 836. The van der Waals surface area contributed by atoms with Crippen LogP contribution in [0.5, 0.6) is 34.5 Å². The van der Waals surface area contributed by atoms with E-state index in [1.54, 1.807) is 24.3 Å². The zero-order valence-electron chi connectivity index (χ0n) is 19.4. The van der Waals surface area contributed by atoms with Crippen LogP contribution in [0.1, 0.15) is 6.92 Å². The number of benzene rings is 2. The first-order valence-corrected chi connectivity index (χ1v) is 11.8. The van der Waals surface area contributed by atoms with E-state index >= 15 is 4.11 Å². The predicted octanol–water partition coefficient (Wildman–Crippen LogP) is 2.33. The number of rotatable bonds is 11. The summed E-state index contributed by atoms with van der Waals surface area (Å²) < 4.78 is 55.4. The molecule has 0 aliphatic carbocycles. The average Bonchev–Trinajstić information content (AvgIpc) is 2.81. The normalized spacial score (nSPS) is 10.9. The van der Waals surface area contributed by atoms with Crippen molar-refractivity contribution in [3.63, 3.8) is 0 Å². The Labute approximate surface area is 188 Å². The summed E-state index contributed by atoms with van der Waals surface area (Å²) in [5.74, 6) is 1.30. The Morgan fingerprint density at radius 2 is 1.06 bits per heavy atom. The molecular weight excluding hydrogens is 439 g/mol. The minimum absolute atomic E-state index is 0.134. The van der Waals surface area contributed by atoms with Gasteiger partial charge in [0.25, 0.3) is 0 Å². The van der Waals surface area contributed by atoms with Gasteiger partial charge >= 0.3 is 14.4 Å². The largest absolute Gasteiger partial charge is 0.496 e. The van der Waals surface area contributed by atoms with Gasteiger partial charge < -0.3 is 37.3 Å². The number of halogens is 1. The van der Waals surface area contributed by atoms with Crippen molar-refractivity contribution in [3.8, 4) is 34.5 Å². The quantitative estimate of drug-likeness (QED) is 0.282. The highest BCUT2D eigenvalue weighted by Gasteiger charge is 2.49. The molecule has 0 saturated heterocycles. The van der Waals surface area contributed by atoms with Crippen molar-refractivity contribution in [1.82, 2.24) is 0 Å². The van der Waals surface area contributed by atoms with E-state index < -0.39 is 14.4 Å². The lowest BCUT2D eigenvalue weighted by Crippen LogP contribution is -2.57. The molecule has 0 amide bonds. The number of esters is 1. The van der Waals surface area contributed by atoms with Crippen molar-refractivity contribution in [1.29, 1.82) is 0 Å². The van der Waals surface area contributed by atoms with E-state index in [1.807, 2.05) is 0 Å². The Morgan fingerprint density at radius 3 is 1.31 bits per heavy atom. The third kappa shape index (κ3) is 5.01. The van der Waals surface area contributed by atoms with Crippen LogP contribution in [0.15, 0.2) is 24.3 Å². The lowest BCUT2D eigenvalue weighted by atomic mass is 10.3. The zero-order chi connectivity index (χ0) is 23.9. The fourth-order valence-electron chi connectivity index (χ4n) is 3.50. The third-order valence-corrected chi connectivity index (χ3v) is 8.44. The Morgan fingerprint density at radius 1 is 0.719 bits per heavy atom. The fraction of sp³-hybridized carbons (Fsp3) is 0.409. The van der Waals surface area contributed by atoms with Crippen molar-refractivity contribution < 1.29 is 42.1 Å². The summed E-state index contributed by atoms with van der Waals surface area (Å²) in [6.45, 7) is 1.11. The predicted molar refractivity (Wildman–Crippen MR) is 120 cm³/mol. The van der Waals surface area contributed by atoms with Gasteiger partial charge in [-0.2, -0.15) is 0 Å². The highest BCUT2D eigenvalue weighted by molar-refractivity contribution is 6.99. The van der Waals surface area contributed by atoms with E-state index in [4.69, 9.17) is 33.2 Å². The standard InChI is InChI=1S/C22H29FO8Si/c1-14(24)31-8-9-32(23,21-17(27-4)10-15(25-2)11-18(21)28-5)22-19(29-6)12-16(26-3)13-20(22)30-7/h10-13H,8-9H2,1-7H3. The number of hydrogen-bond donors (Lipinski definition) is 0. The molecule has 0 radical (unpaired) electrons. The lowest BCUT2D eigenvalue weighted by molar-refractivity contribution is -0.140. The molecule has 0 saturated carbocycles. The fourth-order valence-corrected chi connectivity index (χ4v) is 6.90. The first kappa shape index (κ1) is 25.1. The molecule has 0 N–H and O–H groups in total. The molecule has 0 atom stereocenters. The van der Waals surface area contributed by atoms with Crippen LogP contribution in [-0.2, 0) is 9.53 Å². The van der Waals surface area contributed by atoms with Crippen LogP contribution in [0, 0.1) is 0 Å². The van der Waals surface area contributed by atoms with Crippen LogP contribution in [0.25, 0.3) is 0 Å². The van der Waals surface area contributed by atoms with E-state index in [2.05, 4.69) is 0 Å². The highest BCUT2D eigenvalue weighted by atomic mass is 28.4.